The van der Waals surface area contributed by atoms with Gasteiger partial charge in [-0.25, -0.2) is 0 Å². The zero-order chi connectivity index (χ0) is 14.4. The van der Waals surface area contributed by atoms with Gasteiger partial charge >= 0.3 is 0 Å². The van der Waals surface area contributed by atoms with E-state index in [4.69, 9.17) is 10.9 Å². The van der Waals surface area contributed by atoms with Gasteiger partial charge in [-0.2, -0.15) is 0 Å². The maximum absolute atomic E-state index is 8.81. The second-order valence-electron chi connectivity index (χ2n) is 5.91. The number of amidine groups is 1. The second kappa shape index (κ2) is 7.29. The number of hydrogen-bond donors (Lipinski definition) is 3. The lowest BCUT2D eigenvalue weighted by Crippen LogP contribution is -2.27. The quantitative estimate of drug-likeness (QED) is 0.335. The molecular formula is C16H25N3O. The van der Waals surface area contributed by atoms with Gasteiger partial charge in [0.1, 0.15) is 0 Å². The highest BCUT2D eigenvalue weighted by Gasteiger charge is 2.18. The minimum Gasteiger partial charge on any atom is -0.409 e. The first-order valence-electron chi connectivity index (χ1n) is 7.47. The van der Waals surface area contributed by atoms with Crippen LogP contribution in [0.4, 0.5) is 0 Å². The number of nitrogens with one attached hydrogen (secondary N) is 1. The molecule has 20 heavy (non-hydrogen) atoms. The minimum atomic E-state index is 0.175. The third-order valence-corrected chi connectivity index (χ3v) is 4.19. The van der Waals surface area contributed by atoms with Gasteiger partial charge in [0.2, 0.25) is 0 Å². The molecule has 0 aliphatic heterocycles. The molecule has 0 aromatic heterocycles. The summed E-state index contributed by atoms with van der Waals surface area (Å²) < 4.78 is 0. The Morgan fingerprint density at radius 2 is 2.20 bits per heavy atom. The van der Waals surface area contributed by atoms with Gasteiger partial charge in [0.15, 0.2) is 5.84 Å². The second-order valence-corrected chi connectivity index (χ2v) is 5.91. The maximum atomic E-state index is 8.81. The van der Waals surface area contributed by atoms with E-state index >= 15 is 0 Å². The topological polar surface area (TPSA) is 70.6 Å². The van der Waals surface area contributed by atoms with Gasteiger partial charge in [0.05, 0.1) is 0 Å². The molecule has 1 aliphatic carbocycles. The molecule has 0 spiro atoms. The molecule has 2 atom stereocenters. The summed E-state index contributed by atoms with van der Waals surface area (Å²) in [6, 6.07) is 7.78. The summed E-state index contributed by atoms with van der Waals surface area (Å²) in [7, 11) is 0. The molecule has 0 saturated heterocycles. The number of nitrogens with zero attached hydrogens (tertiary/aromatic N) is 1. The van der Waals surface area contributed by atoms with Crippen molar-refractivity contribution in [1.82, 2.24) is 5.32 Å². The molecule has 110 valence electrons. The lowest BCUT2D eigenvalue weighted by molar-refractivity contribution is 0.274. The third kappa shape index (κ3) is 3.97. The predicted molar refractivity (Wildman–Crippen MR) is 81.8 cm³/mol. The van der Waals surface area contributed by atoms with Crippen molar-refractivity contribution in [2.75, 3.05) is 6.54 Å². The summed E-state index contributed by atoms with van der Waals surface area (Å²) in [6.07, 6.45) is 5.39. The molecule has 1 aromatic rings. The van der Waals surface area contributed by atoms with E-state index in [1.165, 1.54) is 25.7 Å². The minimum absolute atomic E-state index is 0.175. The van der Waals surface area contributed by atoms with E-state index in [0.29, 0.717) is 0 Å². The standard InChI is InChI=1S/C16H25N3O/c1-12-5-4-6-13(9-12)10-18-11-14-7-2-3-8-15(14)16(17)19-20/h2-3,7-8,12-13,18,20H,4-6,9-11H2,1H3,(H2,17,19). The number of benzene rings is 1. The Morgan fingerprint density at radius 1 is 1.40 bits per heavy atom. The highest BCUT2D eigenvalue weighted by Crippen LogP contribution is 2.27. The first kappa shape index (κ1) is 14.9. The molecule has 0 radical (unpaired) electrons. The highest BCUT2D eigenvalue weighted by molar-refractivity contribution is 5.98. The maximum Gasteiger partial charge on any atom is 0.170 e. The van der Waals surface area contributed by atoms with Crippen molar-refractivity contribution >= 4 is 5.84 Å². The summed E-state index contributed by atoms with van der Waals surface area (Å²) in [5.74, 6) is 1.82. The van der Waals surface area contributed by atoms with Crippen molar-refractivity contribution in [2.24, 2.45) is 22.7 Å². The molecule has 4 N–H and O–H groups in total. The van der Waals surface area contributed by atoms with Crippen molar-refractivity contribution in [3.63, 3.8) is 0 Å². The molecule has 0 bridgehead atoms. The van der Waals surface area contributed by atoms with Gasteiger partial charge in [0, 0.05) is 12.1 Å². The van der Waals surface area contributed by atoms with Crippen LogP contribution in [0.3, 0.4) is 0 Å². The van der Waals surface area contributed by atoms with Crippen LogP contribution in [0.2, 0.25) is 0 Å². The number of hydrogen-bond acceptors (Lipinski definition) is 3. The Bertz CT molecular complexity index is 459. The molecule has 1 fully saturated rings. The third-order valence-electron chi connectivity index (χ3n) is 4.19. The normalized spacial score (nSPS) is 23.8. The molecule has 1 saturated carbocycles. The molecular weight excluding hydrogens is 250 g/mol. The molecule has 2 unspecified atom stereocenters. The van der Waals surface area contributed by atoms with Crippen LogP contribution in [0.5, 0.6) is 0 Å². The summed E-state index contributed by atoms with van der Waals surface area (Å²) in [4.78, 5) is 0. The number of oxime groups is 1. The van der Waals surface area contributed by atoms with Crippen molar-refractivity contribution in [3.05, 3.63) is 35.4 Å². The SMILES string of the molecule is CC1CCCC(CNCc2ccccc2/C(N)=N/O)C1. The zero-order valence-electron chi connectivity index (χ0n) is 12.2. The summed E-state index contributed by atoms with van der Waals surface area (Å²) in [6.45, 7) is 4.16. The van der Waals surface area contributed by atoms with E-state index < -0.39 is 0 Å². The first-order valence-corrected chi connectivity index (χ1v) is 7.47. The summed E-state index contributed by atoms with van der Waals surface area (Å²) in [5, 5.41) is 15.4. The molecule has 1 aromatic carbocycles. The molecule has 4 heteroatoms. The van der Waals surface area contributed by atoms with E-state index in [0.717, 1.165) is 36.1 Å². The average molecular weight is 275 g/mol. The highest BCUT2D eigenvalue weighted by atomic mass is 16.4. The van der Waals surface area contributed by atoms with Crippen LogP contribution in [0.1, 0.15) is 43.7 Å². The monoisotopic (exact) mass is 275 g/mol. The zero-order valence-corrected chi connectivity index (χ0v) is 12.2. The molecule has 4 nitrogen and oxygen atoms in total. The van der Waals surface area contributed by atoms with E-state index in [1.54, 1.807) is 0 Å². The summed E-state index contributed by atoms with van der Waals surface area (Å²) >= 11 is 0. The fraction of sp³-hybridized carbons (Fsp3) is 0.562. The van der Waals surface area contributed by atoms with Crippen molar-refractivity contribution < 1.29 is 5.21 Å². The number of rotatable bonds is 5. The van der Waals surface area contributed by atoms with Gasteiger partial charge in [-0.3, -0.25) is 0 Å². The fourth-order valence-electron chi connectivity index (χ4n) is 3.13. The van der Waals surface area contributed by atoms with Crippen molar-refractivity contribution in [3.8, 4) is 0 Å². The van der Waals surface area contributed by atoms with Gasteiger partial charge in [0.25, 0.3) is 0 Å². The van der Waals surface area contributed by atoms with Gasteiger partial charge in [-0.05, 0) is 36.8 Å². The van der Waals surface area contributed by atoms with E-state index in [9.17, 15) is 0 Å². The van der Waals surface area contributed by atoms with Crippen LogP contribution < -0.4 is 11.1 Å². The smallest absolute Gasteiger partial charge is 0.170 e. The fourth-order valence-corrected chi connectivity index (χ4v) is 3.13. The largest absolute Gasteiger partial charge is 0.409 e. The van der Waals surface area contributed by atoms with Crippen LogP contribution in [-0.4, -0.2) is 17.6 Å². The Hall–Kier alpha value is -1.55. The van der Waals surface area contributed by atoms with Gasteiger partial charge in [-0.15, -0.1) is 0 Å². The van der Waals surface area contributed by atoms with Crippen molar-refractivity contribution in [1.29, 1.82) is 0 Å². The van der Waals surface area contributed by atoms with Crippen LogP contribution in [0.25, 0.3) is 0 Å². The number of nitrogens with two attached hydrogens (primary N) is 1. The first-order chi connectivity index (χ1) is 9.70. The van der Waals surface area contributed by atoms with Crippen molar-refractivity contribution in [2.45, 2.75) is 39.2 Å². The Morgan fingerprint density at radius 3 is 2.95 bits per heavy atom. The van der Waals surface area contributed by atoms with Crippen LogP contribution >= 0.6 is 0 Å². The Kier molecular flexibility index (Phi) is 5.41. The molecule has 0 heterocycles. The molecule has 1 aliphatic rings. The Labute approximate surface area is 121 Å². The van der Waals surface area contributed by atoms with Crippen LogP contribution in [0.15, 0.2) is 29.4 Å². The van der Waals surface area contributed by atoms with E-state index in [2.05, 4.69) is 17.4 Å². The van der Waals surface area contributed by atoms with Gasteiger partial charge < -0.3 is 16.3 Å². The Balaban J connectivity index is 1.88. The average Bonchev–Trinajstić information content (AvgIpc) is 2.47. The van der Waals surface area contributed by atoms with E-state index in [1.807, 2.05) is 24.3 Å². The van der Waals surface area contributed by atoms with Crippen LogP contribution in [-0.2, 0) is 6.54 Å². The predicted octanol–water partition coefficient (Wildman–Crippen LogP) is 2.70. The molecule has 0 amide bonds. The lowest BCUT2D eigenvalue weighted by atomic mass is 9.82. The summed E-state index contributed by atoms with van der Waals surface area (Å²) in [5.41, 5.74) is 7.58. The van der Waals surface area contributed by atoms with Gasteiger partial charge in [-0.1, -0.05) is 49.2 Å². The van der Waals surface area contributed by atoms with E-state index in [-0.39, 0.29) is 5.84 Å². The lowest BCUT2D eigenvalue weighted by Gasteiger charge is -2.27. The molecule has 2 rings (SSSR count). The van der Waals surface area contributed by atoms with Crippen LogP contribution in [0, 0.1) is 11.8 Å².